The van der Waals surface area contributed by atoms with Gasteiger partial charge in [0, 0.05) is 36.0 Å². The van der Waals surface area contributed by atoms with Crippen LogP contribution in [-0.2, 0) is 9.59 Å². The average molecular weight is 485 g/mol. The van der Waals surface area contributed by atoms with E-state index < -0.39 is 6.04 Å². The van der Waals surface area contributed by atoms with Gasteiger partial charge >= 0.3 is 0 Å². The van der Waals surface area contributed by atoms with E-state index in [2.05, 4.69) is 20.9 Å². The summed E-state index contributed by atoms with van der Waals surface area (Å²) in [5, 5.41) is 9.44. The summed E-state index contributed by atoms with van der Waals surface area (Å²) in [4.78, 5) is 41.1. The quantitative estimate of drug-likeness (QED) is 0.318. The van der Waals surface area contributed by atoms with Crippen molar-refractivity contribution in [1.82, 2.24) is 15.6 Å². The summed E-state index contributed by atoms with van der Waals surface area (Å²) in [5.74, 6) is -1.49. The maximum Gasteiger partial charge on any atom is 0.254 e. The topological polar surface area (TPSA) is 103 Å². The largest absolute Gasteiger partial charge is 0.361 e. The smallest absolute Gasteiger partial charge is 0.254 e. The summed E-state index contributed by atoms with van der Waals surface area (Å²) in [6.07, 6.45) is 2.12. The van der Waals surface area contributed by atoms with E-state index in [1.807, 2.05) is 30.5 Å². The maximum atomic E-state index is 13.6. The van der Waals surface area contributed by atoms with Crippen LogP contribution in [0.15, 0.2) is 79.0 Å². The van der Waals surface area contributed by atoms with E-state index in [9.17, 15) is 18.8 Å². The summed E-state index contributed by atoms with van der Waals surface area (Å²) in [5.41, 5.74) is 3.67. The number of amides is 3. The fourth-order valence-electron chi connectivity index (χ4n) is 4.58. The van der Waals surface area contributed by atoms with Crippen molar-refractivity contribution >= 4 is 34.3 Å². The highest BCUT2D eigenvalue weighted by Crippen LogP contribution is 2.30. The molecule has 1 aromatic heterocycles. The van der Waals surface area contributed by atoms with Gasteiger partial charge in [-0.05, 0) is 47.9 Å². The lowest BCUT2D eigenvalue weighted by Gasteiger charge is -2.19. The molecule has 7 nitrogen and oxygen atoms in total. The first-order valence-electron chi connectivity index (χ1n) is 11.8. The Morgan fingerprint density at radius 2 is 1.72 bits per heavy atom. The summed E-state index contributed by atoms with van der Waals surface area (Å²) < 4.78 is 13.6. The number of hydrogen-bond donors (Lipinski definition) is 4. The van der Waals surface area contributed by atoms with Gasteiger partial charge in [0.05, 0.1) is 11.3 Å². The average Bonchev–Trinajstić information content (AvgIpc) is 3.26. The van der Waals surface area contributed by atoms with Crippen LogP contribution in [0.1, 0.15) is 40.2 Å². The molecule has 2 heterocycles. The van der Waals surface area contributed by atoms with Crippen LogP contribution in [0.3, 0.4) is 0 Å². The van der Waals surface area contributed by atoms with Gasteiger partial charge in [-0.2, -0.15) is 0 Å². The Morgan fingerprint density at radius 3 is 2.56 bits per heavy atom. The second-order valence-corrected chi connectivity index (χ2v) is 8.80. The fourth-order valence-corrected chi connectivity index (χ4v) is 4.58. The molecule has 0 spiro atoms. The molecule has 5 rings (SSSR count). The van der Waals surface area contributed by atoms with Crippen LogP contribution in [0.25, 0.3) is 10.9 Å². The van der Waals surface area contributed by atoms with Crippen LogP contribution >= 0.6 is 0 Å². The lowest BCUT2D eigenvalue weighted by molar-refractivity contribution is -0.121. The molecule has 4 N–H and O–H groups in total. The highest BCUT2D eigenvalue weighted by molar-refractivity contribution is 6.09. The summed E-state index contributed by atoms with van der Waals surface area (Å²) in [6, 6.07) is 20.1. The molecule has 0 fully saturated rings. The van der Waals surface area contributed by atoms with Gasteiger partial charge in [0.2, 0.25) is 11.8 Å². The molecule has 0 aliphatic carbocycles. The van der Waals surface area contributed by atoms with Crippen molar-refractivity contribution in [2.24, 2.45) is 0 Å². The predicted molar refractivity (Wildman–Crippen MR) is 135 cm³/mol. The van der Waals surface area contributed by atoms with Crippen molar-refractivity contribution in [3.05, 3.63) is 102 Å². The van der Waals surface area contributed by atoms with Crippen molar-refractivity contribution in [1.29, 1.82) is 0 Å². The van der Waals surface area contributed by atoms with Crippen molar-refractivity contribution in [3.8, 4) is 0 Å². The first kappa shape index (κ1) is 23.3. The third-order valence-corrected chi connectivity index (χ3v) is 6.48. The van der Waals surface area contributed by atoms with Crippen LogP contribution in [-0.4, -0.2) is 35.3 Å². The van der Waals surface area contributed by atoms with Crippen LogP contribution < -0.4 is 16.0 Å². The second-order valence-electron chi connectivity index (χ2n) is 8.80. The van der Waals surface area contributed by atoms with Gasteiger partial charge in [-0.15, -0.1) is 0 Å². The van der Waals surface area contributed by atoms with Crippen LogP contribution in [0, 0.1) is 5.82 Å². The Hall–Kier alpha value is -4.46. The van der Waals surface area contributed by atoms with Gasteiger partial charge in [0.1, 0.15) is 11.9 Å². The van der Waals surface area contributed by atoms with Gasteiger partial charge in [0.25, 0.3) is 5.91 Å². The fraction of sp³-hybridized carbons (Fsp3) is 0.179. The van der Waals surface area contributed by atoms with Gasteiger partial charge in [-0.25, -0.2) is 4.39 Å². The SMILES string of the molecule is O=C(CCC1NC(=O)c2ccccc2NC1=O)NCC(c1ccc(F)cc1)c1c[nH]c2ccccc12. The Kier molecular flexibility index (Phi) is 6.49. The van der Waals surface area contributed by atoms with E-state index >= 15 is 0 Å². The Morgan fingerprint density at radius 1 is 0.972 bits per heavy atom. The molecule has 0 saturated heterocycles. The Bertz CT molecular complexity index is 1430. The Balaban J connectivity index is 1.26. The standard InChI is InChI=1S/C28H25FN4O3/c29-18-11-9-17(10-12-18)21(22-16-30-23-7-3-1-5-19(22)23)15-31-26(34)14-13-25-28(36)32-24-8-4-2-6-20(24)27(35)33-25/h1-12,16,21,25,30H,13-15H2,(H,31,34)(H,32,36)(H,33,35). The van der Waals surface area contributed by atoms with Gasteiger partial charge in [0.15, 0.2) is 0 Å². The monoisotopic (exact) mass is 484 g/mol. The minimum atomic E-state index is -0.822. The number of halogens is 1. The first-order chi connectivity index (χ1) is 17.5. The minimum absolute atomic E-state index is 0.0543. The number of carbonyl (C=O) groups is 3. The zero-order valence-corrected chi connectivity index (χ0v) is 19.4. The van der Waals surface area contributed by atoms with Crippen molar-refractivity contribution < 1.29 is 18.8 Å². The maximum absolute atomic E-state index is 13.6. The first-order valence-corrected chi connectivity index (χ1v) is 11.8. The molecule has 0 saturated carbocycles. The van der Waals surface area contributed by atoms with E-state index in [1.54, 1.807) is 36.4 Å². The van der Waals surface area contributed by atoms with Crippen molar-refractivity contribution in [2.75, 3.05) is 11.9 Å². The molecule has 8 heteroatoms. The van der Waals surface area contributed by atoms with Gasteiger partial charge < -0.3 is 20.9 Å². The molecule has 2 atom stereocenters. The van der Waals surface area contributed by atoms with E-state index in [0.29, 0.717) is 17.8 Å². The molecule has 4 aromatic rings. The normalized spacial score (nSPS) is 16.0. The summed E-state index contributed by atoms with van der Waals surface area (Å²) >= 11 is 0. The van der Waals surface area contributed by atoms with Crippen LogP contribution in [0.5, 0.6) is 0 Å². The van der Waals surface area contributed by atoms with E-state index in [1.165, 1.54) is 12.1 Å². The lowest BCUT2D eigenvalue weighted by atomic mass is 9.90. The van der Waals surface area contributed by atoms with Crippen molar-refractivity contribution in [3.63, 3.8) is 0 Å². The van der Waals surface area contributed by atoms with Crippen LogP contribution in [0.4, 0.5) is 10.1 Å². The number of anilines is 1. The molecule has 0 bridgehead atoms. The third kappa shape index (κ3) is 4.84. The number of carbonyl (C=O) groups excluding carboxylic acids is 3. The predicted octanol–water partition coefficient (Wildman–Crippen LogP) is 4.09. The van der Waals surface area contributed by atoms with Crippen LogP contribution in [0.2, 0.25) is 0 Å². The number of benzene rings is 3. The van der Waals surface area contributed by atoms with Crippen molar-refractivity contribution in [2.45, 2.75) is 24.8 Å². The highest BCUT2D eigenvalue weighted by atomic mass is 19.1. The molecule has 3 aromatic carbocycles. The third-order valence-electron chi connectivity index (χ3n) is 6.48. The molecule has 1 aliphatic heterocycles. The number of H-pyrrole nitrogens is 1. The molecule has 1 aliphatic rings. The zero-order chi connectivity index (χ0) is 25.1. The molecule has 0 radical (unpaired) electrons. The number of hydrogen-bond acceptors (Lipinski definition) is 3. The summed E-state index contributed by atoms with van der Waals surface area (Å²) in [7, 11) is 0. The number of aromatic nitrogens is 1. The number of rotatable bonds is 7. The van der Waals surface area contributed by atoms with E-state index in [-0.39, 0.29) is 42.3 Å². The number of para-hydroxylation sites is 2. The van der Waals surface area contributed by atoms with E-state index in [0.717, 1.165) is 22.0 Å². The summed E-state index contributed by atoms with van der Waals surface area (Å²) in [6.45, 7) is 0.293. The van der Waals surface area contributed by atoms with Gasteiger partial charge in [-0.3, -0.25) is 14.4 Å². The van der Waals surface area contributed by atoms with E-state index in [4.69, 9.17) is 0 Å². The zero-order valence-electron chi connectivity index (χ0n) is 19.4. The highest BCUT2D eigenvalue weighted by Gasteiger charge is 2.28. The molecular weight excluding hydrogens is 459 g/mol. The molecule has 3 amide bonds. The number of fused-ring (bicyclic) bond motifs is 2. The molecule has 36 heavy (non-hydrogen) atoms. The number of nitrogens with one attached hydrogen (secondary N) is 4. The molecule has 182 valence electrons. The second kappa shape index (κ2) is 10.0. The molecular formula is C28H25FN4O3. The lowest BCUT2D eigenvalue weighted by Crippen LogP contribution is -2.42. The minimum Gasteiger partial charge on any atom is -0.361 e. The Labute approximate surface area is 207 Å². The van der Waals surface area contributed by atoms with Gasteiger partial charge in [-0.1, -0.05) is 42.5 Å². The molecule has 2 unspecified atom stereocenters. The number of aromatic amines is 1.